The number of carbonyl (C=O) groups is 1. The summed E-state index contributed by atoms with van der Waals surface area (Å²) in [5.41, 5.74) is 5.31. The van der Waals surface area contributed by atoms with Crippen LogP contribution in [0.15, 0.2) is 0 Å². The summed E-state index contributed by atoms with van der Waals surface area (Å²) in [6.07, 6.45) is 0.924. The number of nitrogens with one attached hydrogen (secondary N) is 1. The van der Waals surface area contributed by atoms with Crippen LogP contribution in [0, 0.1) is 5.92 Å². The molecule has 0 aliphatic carbocycles. The minimum atomic E-state index is -0.274. The van der Waals surface area contributed by atoms with Gasteiger partial charge in [-0.1, -0.05) is 13.8 Å². The lowest BCUT2D eigenvalue weighted by atomic mass is 9.98. The Morgan fingerprint density at radius 3 is 2.69 bits per heavy atom. The third-order valence-electron chi connectivity index (χ3n) is 2.26. The third-order valence-corrected chi connectivity index (χ3v) is 2.26. The van der Waals surface area contributed by atoms with Crippen molar-refractivity contribution in [2.45, 2.75) is 32.4 Å². The molecule has 1 rings (SSSR count). The summed E-state index contributed by atoms with van der Waals surface area (Å²) in [5.74, 6) is -0.0240. The Hall–Kier alpha value is -0.610. The molecule has 13 heavy (non-hydrogen) atoms. The molecule has 2 atom stereocenters. The molecule has 1 amide bonds. The van der Waals surface area contributed by atoms with Crippen LogP contribution in [0.2, 0.25) is 0 Å². The van der Waals surface area contributed by atoms with E-state index in [1.165, 1.54) is 0 Å². The Bertz CT molecular complexity index is 176. The van der Waals surface area contributed by atoms with Crippen molar-refractivity contribution in [3.63, 3.8) is 0 Å². The van der Waals surface area contributed by atoms with Crippen molar-refractivity contribution >= 4 is 5.91 Å². The van der Waals surface area contributed by atoms with Crippen molar-refractivity contribution in [3.8, 4) is 0 Å². The monoisotopic (exact) mass is 186 g/mol. The molecule has 4 heteroatoms. The quantitative estimate of drug-likeness (QED) is 0.643. The summed E-state index contributed by atoms with van der Waals surface area (Å²) in [4.78, 5) is 11.1. The Kier molecular flexibility index (Phi) is 3.69. The molecule has 4 nitrogen and oxygen atoms in total. The van der Waals surface area contributed by atoms with Crippen LogP contribution < -0.4 is 11.1 Å². The Morgan fingerprint density at radius 1 is 1.62 bits per heavy atom. The lowest BCUT2D eigenvalue weighted by Crippen LogP contribution is -2.49. The molecule has 0 aromatic heterocycles. The number of amides is 1. The molecule has 0 aromatic carbocycles. The van der Waals surface area contributed by atoms with Gasteiger partial charge in [-0.05, 0) is 6.42 Å². The predicted molar refractivity (Wildman–Crippen MR) is 50.2 cm³/mol. The first-order chi connectivity index (χ1) is 6.11. The van der Waals surface area contributed by atoms with Crippen LogP contribution in [0.25, 0.3) is 0 Å². The number of primary amides is 1. The van der Waals surface area contributed by atoms with Crippen molar-refractivity contribution in [2.24, 2.45) is 11.7 Å². The zero-order valence-corrected chi connectivity index (χ0v) is 8.25. The minimum absolute atomic E-state index is 0.234. The molecule has 3 N–H and O–H groups in total. The van der Waals surface area contributed by atoms with Crippen LogP contribution in [0.4, 0.5) is 0 Å². The number of hydrogen-bond donors (Lipinski definition) is 2. The van der Waals surface area contributed by atoms with Crippen LogP contribution >= 0.6 is 0 Å². The Labute approximate surface area is 78.8 Å². The maximum Gasteiger partial charge on any atom is 0.234 e. The standard InChI is InChI=1S/C9H18N2O2/c1-6(2)11-8(9(10)12)7-3-4-13-5-7/h6-8,11H,3-5H2,1-2H3,(H2,10,12). The lowest BCUT2D eigenvalue weighted by Gasteiger charge is -2.22. The highest BCUT2D eigenvalue weighted by molar-refractivity contribution is 5.80. The van der Waals surface area contributed by atoms with Gasteiger partial charge in [0.2, 0.25) is 5.91 Å². The first-order valence-corrected chi connectivity index (χ1v) is 4.74. The normalized spacial score (nSPS) is 25.0. The van der Waals surface area contributed by atoms with Crippen molar-refractivity contribution < 1.29 is 9.53 Å². The Balaban J connectivity index is 2.50. The second-order valence-corrected chi connectivity index (χ2v) is 3.83. The summed E-state index contributed by atoms with van der Waals surface area (Å²) >= 11 is 0. The number of ether oxygens (including phenoxy) is 1. The molecule has 0 radical (unpaired) electrons. The van der Waals surface area contributed by atoms with Crippen molar-refractivity contribution in [1.82, 2.24) is 5.32 Å². The largest absolute Gasteiger partial charge is 0.381 e. The molecule has 2 unspecified atom stereocenters. The van der Waals surface area contributed by atoms with Gasteiger partial charge >= 0.3 is 0 Å². The molecule has 0 bridgehead atoms. The summed E-state index contributed by atoms with van der Waals surface area (Å²) in [7, 11) is 0. The van der Waals surface area contributed by atoms with Crippen LogP contribution in [-0.4, -0.2) is 31.2 Å². The first-order valence-electron chi connectivity index (χ1n) is 4.74. The predicted octanol–water partition coefficient (Wildman–Crippen LogP) is -0.125. The van der Waals surface area contributed by atoms with Crippen LogP contribution in [0.1, 0.15) is 20.3 Å². The van der Waals surface area contributed by atoms with Gasteiger partial charge in [0.1, 0.15) is 0 Å². The molecule has 1 heterocycles. The smallest absolute Gasteiger partial charge is 0.234 e. The highest BCUT2D eigenvalue weighted by Crippen LogP contribution is 2.16. The molecule has 0 aromatic rings. The van der Waals surface area contributed by atoms with E-state index >= 15 is 0 Å². The van der Waals surface area contributed by atoms with Gasteiger partial charge in [-0.25, -0.2) is 0 Å². The van der Waals surface area contributed by atoms with Gasteiger partial charge in [0.15, 0.2) is 0 Å². The molecular formula is C9H18N2O2. The highest BCUT2D eigenvalue weighted by Gasteiger charge is 2.29. The van der Waals surface area contributed by atoms with Crippen molar-refractivity contribution in [2.75, 3.05) is 13.2 Å². The fraction of sp³-hybridized carbons (Fsp3) is 0.889. The van der Waals surface area contributed by atoms with E-state index < -0.39 is 0 Å². The number of nitrogens with two attached hydrogens (primary N) is 1. The van der Waals surface area contributed by atoms with E-state index in [1.807, 2.05) is 13.8 Å². The lowest BCUT2D eigenvalue weighted by molar-refractivity contribution is -0.121. The average molecular weight is 186 g/mol. The van der Waals surface area contributed by atoms with E-state index in [1.54, 1.807) is 0 Å². The van der Waals surface area contributed by atoms with Crippen molar-refractivity contribution in [1.29, 1.82) is 0 Å². The second kappa shape index (κ2) is 4.58. The van der Waals surface area contributed by atoms with Crippen LogP contribution in [0.3, 0.4) is 0 Å². The fourth-order valence-electron chi connectivity index (χ4n) is 1.63. The number of rotatable bonds is 4. The highest BCUT2D eigenvalue weighted by atomic mass is 16.5. The van der Waals surface area contributed by atoms with E-state index in [0.717, 1.165) is 13.0 Å². The molecule has 0 saturated carbocycles. The van der Waals surface area contributed by atoms with Gasteiger partial charge in [-0.2, -0.15) is 0 Å². The average Bonchev–Trinajstić information content (AvgIpc) is 2.50. The zero-order chi connectivity index (χ0) is 9.84. The fourth-order valence-corrected chi connectivity index (χ4v) is 1.63. The zero-order valence-electron chi connectivity index (χ0n) is 8.25. The van der Waals surface area contributed by atoms with Crippen molar-refractivity contribution in [3.05, 3.63) is 0 Å². The van der Waals surface area contributed by atoms with Gasteiger partial charge in [0, 0.05) is 18.6 Å². The topological polar surface area (TPSA) is 64.3 Å². The first kappa shape index (κ1) is 10.5. The van der Waals surface area contributed by atoms with Gasteiger partial charge in [0.25, 0.3) is 0 Å². The van der Waals surface area contributed by atoms with Gasteiger partial charge < -0.3 is 15.8 Å². The summed E-state index contributed by atoms with van der Waals surface area (Å²) in [6.45, 7) is 5.40. The maximum absolute atomic E-state index is 11.1. The van der Waals surface area contributed by atoms with Crippen LogP contribution in [-0.2, 0) is 9.53 Å². The summed E-state index contributed by atoms with van der Waals surface area (Å²) in [5, 5.41) is 3.17. The van der Waals surface area contributed by atoms with Gasteiger partial charge in [0.05, 0.1) is 12.6 Å². The molecular weight excluding hydrogens is 168 g/mol. The molecule has 1 aliphatic rings. The maximum atomic E-state index is 11.1. The van der Waals surface area contributed by atoms with Crippen LogP contribution in [0.5, 0.6) is 0 Å². The third kappa shape index (κ3) is 2.97. The van der Waals surface area contributed by atoms with Gasteiger partial charge in [-0.15, -0.1) is 0 Å². The number of hydrogen-bond acceptors (Lipinski definition) is 3. The molecule has 1 saturated heterocycles. The van der Waals surface area contributed by atoms with E-state index in [0.29, 0.717) is 6.61 Å². The Morgan fingerprint density at radius 2 is 2.31 bits per heavy atom. The molecule has 1 aliphatic heterocycles. The molecule has 1 fully saturated rings. The van der Waals surface area contributed by atoms with E-state index in [9.17, 15) is 4.79 Å². The summed E-state index contributed by atoms with van der Waals surface area (Å²) in [6, 6.07) is 0.0422. The van der Waals surface area contributed by atoms with E-state index in [4.69, 9.17) is 10.5 Å². The summed E-state index contributed by atoms with van der Waals surface area (Å²) < 4.78 is 5.22. The SMILES string of the molecule is CC(C)NC(C(N)=O)C1CCOC1. The second-order valence-electron chi connectivity index (χ2n) is 3.83. The van der Waals surface area contributed by atoms with E-state index in [2.05, 4.69) is 5.32 Å². The molecule has 0 spiro atoms. The van der Waals surface area contributed by atoms with E-state index in [-0.39, 0.29) is 23.9 Å². The number of carbonyl (C=O) groups excluding carboxylic acids is 1. The van der Waals surface area contributed by atoms with Gasteiger partial charge in [-0.3, -0.25) is 4.79 Å². The molecule has 76 valence electrons. The minimum Gasteiger partial charge on any atom is -0.381 e.